The predicted molar refractivity (Wildman–Crippen MR) is 131 cm³/mol. The van der Waals surface area contributed by atoms with Crippen molar-refractivity contribution in [3.8, 4) is 11.3 Å². The minimum Gasteiger partial charge on any atom is -0.394 e. The summed E-state index contributed by atoms with van der Waals surface area (Å²) in [5.41, 5.74) is 10.0. The molecule has 0 aliphatic carbocycles. The normalized spacial score (nSPS) is 13.8. The molecule has 4 rings (SSSR count). The lowest BCUT2D eigenvalue weighted by Gasteiger charge is -2.20. The number of amides is 1. The molecule has 0 bridgehead atoms. The predicted octanol–water partition coefficient (Wildman–Crippen LogP) is 3.23. The van der Waals surface area contributed by atoms with Crippen molar-refractivity contribution in [2.45, 2.75) is 29.1 Å². The van der Waals surface area contributed by atoms with E-state index in [2.05, 4.69) is 27.4 Å². The second kappa shape index (κ2) is 10.3. The van der Waals surface area contributed by atoms with Crippen LogP contribution in [0.5, 0.6) is 0 Å². The number of rotatable bonds is 8. The second-order valence-corrected chi connectivity index (χ2v) is 9.92. The third kappa shape index (κ3) is 5.13. The number of hydrogen-bond donors (Lipinski definition) is 4. The van der Waals surface area contributed by atoms with Crippen molar-refractivity contribution in [3.05, 3.63) is 46.5 Å². The summed E-state index contributed by atoms with van der Waals surface area (Å²) in [4.78, 5) is 20.7. The quantitative estimate of drug-likeness (QED) is 0.280. The fourth-order valence-electron chi connectivity index (χ4n) is 3.66. The molecule has 32 heavy (non-hydrogen) atoms. The summed E-state index contributed by atoms with van der Waals surface area (Å²) < 4.78 is 0. The lowest BCUT2D eigenvalue weighted by molar-refractivity contribution is -0.121. The summed E-state index contributed by atoms with van der Waals surface area (Å²) in [5.74, 6) is 2.31. The number of nitrogens with one attached hydrogen (secondary N) is 1. The number of nitrogens with zero attached hydrogens (tertiary/aromatic N) is 2. The van der Waals surface area contributed by atoms with Gasteiger partial charge in [0.05, 0.1) is 23.4 Å². The molecule has 0 spiro atoms. The smallest absolute Gasteiger partial charge is 0.221 e. The molecule has 2 heterocycles. The Morgan fingerprint density at radius 2 is 2.09 bits per heavy atom. The van der Waals surface area contributed by atoms with Gasteiger partial charge in [0.1, 0.15) is 5.03 Å². The molecule has 1 aliphatic heterocycles. The van der Waals surface area contributed by atoms with Crippen LogP contribution < -0.4 is 11.1 Å². The van der Waals surface area contributed by atoms with Crippen LogP contribution in [0.3, 0.4) is 0 Å². The van der Waals surface area contributed by atoms with Crippen LogP contribution in [0.25, 0.3) is 22.0 Å². The molecule has 5 N–H and O–H groups in total. The van der Waals surface area contributed by atoms with E-state index in [-0.39, 0.29) is 24.8 Å². The van der Waals surface area contributed by atoms with Gasteiger partial charge in [-0.05, 0) is 34.0 Å². The number of nitrogen functional groups attached to an aromatic ring is 1. The van der Waals surface area contributed by atoms with Gasteiger partial charge in [-0.1, -0.05) is 29.8 Å². The van der Waals surface area contributed by atoms with E-state index in [9.17, 15) is 9.90 Å². The highest BCUT2D eigenvalue weighted by atomic mass is 35.5. The molecule has 1 aliphatic rings. The Balaban J connectivity index is 1.56. The number of hydrogen-bond acceptors (Lipinski definition) is 8. The summed E-state index contributed by atoms with van der Waals surface area (Å²) in [7, 11) is 0. The lowest BCUT2D eigenvalue weighted by Crippen LogP contribution is -2.33. The average Bonchev–Trinajstić information content (AvgIpc) is 2.77. The summed E-state index contributed by atoms with van der Waals surface area (Å²) in [6.45, 7) is -0.372. The monoisotopic (exact) mass is 490 g/mol. The van der Waals surface area contributed by atoms with E-state index in [1.165, 1.54) is 28.3 Å². The number of anilines is 1. The maximum absolute atomic E-state index is 11.9. The molecular weight excluding hydrogens is 468 g/mol. The molecule has 3 aromatic rings. The molecule has 2 aromatic carbocycles. The van der Waals surface area contributed by atoms with Crippen molar-refractivity contribution in [2.75, 3.05) is 24.6 Å². The van der Waals surface area contributed by atoms with Crippen LogP contribution >= 0.6 is 35.1 Å². The third-order valence-corrected chi connectivity index (χ3v) is 7.34. The number of aliphatic hydroxyl groups is 2. The fraction of sp³-hybridized carbons (Fsp3) is 0.318. The molecule has 1 atom stereocenters. The number of nitrogens with two attached hydrogens (primary N) is 1. The lowest BCUT2D eigenvalue weighted by atomic mass is 9.94. The van der Waals surface area contributed by atoms with Gasteiger partial charge in [0, 0.05) is 35.8 Å². The Bertz CT molecular complexity index is 1160. The summed E-state index contributed by atoms with van der Waals surface area (Å²) in [6.07, 6.45) is -0.720. The second-order valence-electron chi connectivity index (χ2n) is 7.41. The number of aliphatic hydroxyl groups excluding tert-OH is 2. The van der Waals surface area contributed by atoms with E-state index >= 15 is 0 Å². The van der Waals surface area contributed by atoms with Crippen molar-refractivity contribution >= 4 is 57.8 Å². The van der Waals surface area contributed by atoms with Crippen LogP contribution in [0.2, 0.25) is 5.02 Å². The Labute approximate surface area is 199 Å². The van der Waals surface area contributed by atoms with Gasteiger partial charge in [0.15, 0.2) is 0 Å². The van der Waals surface area contributed by atoms with Gasteiger partial charge < -0.3 is 21.3 Å². The zero-order valence-corrected chi connectivity index (χ0v) is 19.6. The molecule has 1 amide bonds. The highest BCUT2D eigenvalue weighted by molar-refractivity contribution is 7.99. The number of carbonyl (C=O) groups is 1. The van der Waals surface area contributed by atoms with Crippen LogP contribution in [0.4, 0.5) is 5.95 Å². The molecule has 10 heteroatoms. The maximum Gasteiger partial charge on any atom is 0.221 e. The highest BCUT2D eigenvalue weighted by Gasteiger charge is 2.20. The van der Waals surface area contributed by atoms with Crippen molar-refractivity contribution in [2.24, 2.45) is 0 Å². The van der Waals surface area contributed by atoms with Gasteiger partial charge in [0.2, 0.25) is 11.9 Å². The Morgan fingerprint density at radius 1 is 1.28 bits per heavy atom. The zero-order valence-electron chi connectivity index (χ0n) is 17.2. The first-order valence-corrected chi connectivity index (χ1v) is 12.6. The number of thioether (sulfide) groups is 2. The Hall–Kier alpha value is -2.04. The van der Waals surface area contributed by atoms with Gasteiger partial charge >= 0.3 is 0 Å². The average molecular weight is 491 g/mol. The highest BCUT2D eigenvalue weighted by Crippen LogP contribution is 2.42. The first-order chi connectivity index (χ1) is 15.5. The number of benzene rings is 2. The molecule has 1 aromatic heterocycles. The van der Waals surface area contributed by atoms with Gasteiger partial charge in [0.25, 0.3) is 0 Å². The van der Waals surface area contributed by atoms with Crippen LogP contribution in [-0.2, 0) is 16.3 Å². The van der Waals surface area contributed by atoms with E-state index in [0.717, 1.165) is 22.5 Å². The van der Waals surface area contributed by atoms with E-state index < -0.39 is 12.7 Å². The van der Waals surface area contributed by atoms with E-state index in [4.69, 9.17) is 22.4 Å². The molecule has 0 unspecified atom stereocenters. The number of carbonyl (C=O) groups excluding carboxylic acids is 1. The Kier molecular flexibility index (Phi) is 7.42. The fourth-order valence-corrected chi connectivity index (χ4v) is 5.85. The van der Waals surface area contributed by atoms with Gasteiger partial charge in [-0.25, -0.2) is 9.97 Å². The van der Waals surface area contributed by atoms with Crippen molar-refractivity contribution in [1.29, 1.82) is 0 Å². The van der Waals surface area contributed by atoms with Crippen LogP contribution in [0.1, 0.15) is 17.5 Å². The first-order valence-electron chi connectivity index (χ1n) is 10.1. The molecule has 168 valence electrons. The van der Waals surface area contributed by atoms with Gasteiger partial charge in [-0.2, -0.15) is 11.8 Å². The zero-order chi connectivity index (χ0) is 22.7. The summed E-state index contributed by atoms with van der Waals surface area (Å²) in [5, 5.41) is 24.3. The van der Waals surface area contributed by atoms with Crippen LogP contribution in [-0.4, -0.2) is 51.1 Å². The maximum atomic E-state index is 11.9. The van der Waals surface area contributed by atoms with Crippen LogP contribution in [0.15, 0.2) is 35.4 Å². The van der Waals surface area contributed by atoms with E-state index in [0.29, 0.717) is 21.5 Å². The Morgan fingerprint density at radius 3 is 2.91 bits per heavy atom. The molecule has 0 saturated heterocycles. The summed E-state index contributed by atoms with van der Waals surface area (Å²) >= 11 is 9.98. The molecule has 0 fully saturated rings. The third-order valence-electron chi connectivity index (χ3n) is 5.10. The molecule has 0 radical (unpaired) electrons. The topological polar surface area (TPSA) is 121 Å². The van der Waals surface area contributed by atoms with Crippen molar-refractivity contribution < 1.29 is 15.0 Å². The summed E-state index contributed by atoms with van der Waals surface area (Å²) in [6, 6.07) is 10.1. The van der Waals surface area contributed by atoms with Gasteiger partial charge in [-0.3, -0.25) is 4.79 Å². The molecule has 7 nitrogen and oxygen atoms in total. The first kappa shape index (κ1) is 23.1. The molecular formula is C22H23ClN4O3S2. The van der Waals surface area contributed by atoms with Crippen LogP contribution in [0, 0.1) is 0 Å². The van der Waals surface area contributed by atoms with Gasteiger partial charge in [-0.15, -0.1) is 11.8 Å². The van der Waals surface area contributed by atoms with Crippen molar-refractivity contribution in [1.82, 2.24) is 15.3 Å². The van der Waals surface area contributed by atoms with E-state index in [1.807, 2.05) is 30.0 Å². The molecule has 0 saturated carbocycles. The number of halogens is 1. The largest absolute Gasteiger partial charge is 0.394 e. The standard InChI is InChI=1S/C22H23ClN4O3S2/c23-16-6-13-11-31-10-12-2-1-3-15(20(12)13)21(16)17-7-19(27-22(24)26-17)32-5-4-18(30)25-8-14(29)9-28/h1-3,6-7,14,28-29H,4-5,8-11H2,(H,25,30)(H2,24,26,27)/t14-/m1/s1. The van der Waals surface area contributed by atoms with E-state index in [1.54, 1.807) is 0 Å². The minimum absolute atomic E-state index is 0.0205. The SMILES string of the molecule is Nc1nc(SCCC(=O)NC[C@@H](O)CO)cc(-c2c(Cl)cc3c4c(cccc24)CSC3)n1. The number of aromatic nitrogens is 2. The minimum atomic E-state index is -0.957. The van der Waals surface area contributed by atoms with Crippen molar-refractivity contribution in [3.63, 3.8) is 0 Å².